The lowest BCUT2D eigenvalue weighted by Gasteiger charge is -2.10. The Balaban J connectivity index is 2.08. The fraction of sp³-hybridized carbons (Fsp3) is 0.538. The summed E-state index contributed by atoms with van der Waals surface area (Å²) in [7, 11) is 0. The fourth-order valence-corrected chi connectivity index (χ4v) is 4.03. The maximum absolute atomic E-state index is 6.33. The van der Waals surface area contributed by atoms with E-state index in [0.717, 1.165) is 29.6 Å². The predicted molar refractivity (Wildman–Crippen MR) is 77.8 cm³/mol. The monoisotopic (exact) mass is 281 g/mol. The first-order chi connectivity index (χ1) is 8.79. The molecule has 0 amide bonds. The highest BCUT2D eigenvalue weighted by Gasteiger charge is 2.20. The Kier molecular flexibility index (Phi) is 3.39. The van der Waals surface area contributed by atoms with Crippen LogP contribution < -0.4 is 5.32 Å². The van der Waals surface area contributed by atoms with Crippen molar-refractivity contribution < 1.29 is 0 Å². The van der Waals surface area contributed by atoms with Gasteiger partial charge in [0.2, 0.25) is 5.95 Å². The highest BCUT2D eigenvalue weighted by molar-refractivity contribution is 7.19. The molecule has 0 spiro atoms. The van der Waals surface area contributed by atoms with Gasteiger partial charge in [-0.3, -0.25) is 0 Å². The molecule has 0 unspecified atom stereocenters. The Morgan fingerprint density at radius 2 is 2.11 bits per heavy atom. The van der Waals surface area contributed by atoms with Gasteiger partial charge in [-0.25, -0.2) is 9.97 Å². The van der Waals surface area contributed by atoms with E-state index in [1.165, 1.54) is 29.7 Å². The van der Waals surface area contributed by atoms with Crippen molar-refractivity contribution in [2.75, 3.05) is 11.9 Å². The van der Waals surface area contributed by atoms with E-state index in [0.29, 0.717) is 11.1 Å². The Labute approximate surface area is 116 Å². The first kappa shape index (κ1) is 12.2. The average molecular weight is 282 g/mol. The zero-order valence-electron chi connectivity index (χ0n) is 10.4. The zero-order chi connectivity index (χ0) is 12.5. The van der Waals surface area contributed by atoms with Gasteiger partial charge < -0.3 is 5.32 Å². The highest BCUT2D eigenvalue weighted by atomic mass is 35.5. The molecule has 18 heavy (non-hydrogen) atoms. The third-order valence-electron chi connectivity index (χ3n) is 3.30. The van der Waals surface area contributed by atoms with Crippen LogP contribution in [0.3, 0.4) is 0 Å². The largest absolute Gasteiger partial charge is 0.354 e. The van der Waals surface area contributed by atoms with Gasteiger partial charge >= 0.3 is 0 Å². The number of hydrogen-bond donors (Lipinski definition) is 1. The molecule has 2 heterocycles. The van der Waals surface area contributed by atoms with Crippen molar-refractivity contribution in [3.05, 3.63) is 15.6 Å². The molecule has 0 bridgehead atoms. The van der Waals surface area contributed by atoms with E-state index >= 15 is 0 Å². The minimum absolute atomic E-state index is 0.609. The van der Waals surface area contributed by atoms with Gasteiger partial charge in [0.15, 0.2) is 0 Å². The fourth-order valence-electron chi connectivity index (χ4n) is 2.43. The molecule has 96 valence electrons. The van der Waals surface area contributed by atoms with Crippen LogP contribution in [0.4, 0.5) is 5.95 Å². The Morgan fingerprint density at radius 3 is 2.94 bits per heavy atom. The third kappa shape index (κ3) is 2.08. The number of hydrogen-bond acceptors (Lipinski definition) is 4. The average Bonchev–Trinajstić information content (AvgIpc) is 2.74. The molecule has 2 aromatic heterocycles. The molecule has 1 aliphatic carbocycles. The van der Waals surface area contributed by atoms with Gasteiger partial charge in [-0.05, 0) is 37.7 Å². The Morgan fingerprint density at radius 1 is 1.28 bits per heavy atom. The second-order valence-corrected chi connectivity index (χ2v) is 6.10. The van der Waals surface area contributed by atoms with Crippen LogP contribution in [0, 0.1) is 0 Å². The van der Waals surface area contributed by atoms with Crippen molar-refractivity contribution in [2.24, 2.45) is 0 Å². The summed E-state index contributed by atoms with van der Waals surface area (Å²) in [6.45, 7) is 3.00. The lowest BCUT2D eigenvalue weighted by atomic mass is 9.97. The number of thiophene rings is 1. The highest BCUT2D eigenvalue weighted by Crippen LogP contribution is 2.38. The third-order valence-corrected chi connectivity index (χ3v) is 4.76. The summed E-state index contributed by atoms with van der Waals surface area (Å²) in [5.41, 5.74) is 1.40. The van der Waals surface area contributed by atoms with Crippen molar-refractivity contribution in [1.82, 2.24) is 9.97 Å². The number of anilines is 1. The topological polar surface area (TPSA) is 37.8 Å². The van der Waals surface area contributed by atoms with Crippen LogP contribution in [0.5, 0.6) is 0 Å². The van der Waals surface area contributed by atoms with E-state index in [2.05, 4.69) is 22.2 Å². The van der Waals surface area contributed by atoms with Crippen molar-refractivity contribution in [3.8, 4) is 0 Å². The van der Waals surface area contributed by atoms with Crippen LogP contribution in [-0.2, 0) is 12.8 Å². The molecule has 2 aromatic rings. The quantitative estimate of drug-likeness (QED) is 0.863. The summed E-state index contributed by atoms with van der Waals surface area (Å²) in [6, 6.07) is 0. The summed E-state index contributed by atoms with van der Waals surface area (Å²) in [5.74, 6) is 0.660. The molecule has 3 nitrogen and oxygen atoms in total. The first-order valence-corrected chi connectivity index (χ1v) is 7.70. The minimum Gasteiger partial charge on any atom is -0.354 e. The maximum Gasteiger partial charge on any atom is 0.225 e. The second-order valence-electron chi connectivity index (χ2n) is 4.66. The van der Waals surface area contributed by atoms with E-state index in [4.69, 9.17) is 11.6 Å². The molecule has 0 aromatic carbocycles. The number of aryl methyl sites for hydroxylation is 2. The first-order valence-electron chi connectivity index (χ1n) is 6.51. The SMILES string of the molecule is CCCNc1nc(Cl)c2c3c(sc2n1)CCCC3. The van der Waals surface area contributed by atoms with Crippen molar-refractivity contribution in [2.45, 2.75) is 39.0 Å². The number of rotatable bonds is 3. The molecule has 1 aliphatic rings. The molecule has 5 heteroatoms. The molecule has 3 rings (SSSR count). The number of aromatic nitrogens is 2. The van der Waals surface area contributed by atoms with E-state index in [1.807, 2.05) is 0 Å². The van der Waals surface area contributed by atoms with Gasteiger partial charge in [0.25, 0.3) is 0 Å². The normalized spacial score (nSPS) is 14.8. The summed E-state index contributed by atoms with van der Waals surface area (Å²) in [4.78, 5) is 11.5. The van der Waals surface area contributed by atoms with Crippen molar-refractivity contribution in [3.63, 3.8) is 0 Å². The summed E-state index contributed by atoms with van der Waals surface area (Å²) in [5, 5.41) is 4.91. The zero-order valence-corrected chi connectivity index (χ0v) is 12.0. The predicted octanol–water partition coefficient (Wildman–Crippen LogP) is 4.05. The van der Waals surface area contributed by atoms with E-state index in [1.54, 1.807) is 11.3 Å². The molecule has 0 saturated heterocycles. The minimum atomic E-state index is 0.609. The molecular weight excluding hydrogens is 266 g/mol. The van der Waals surface area contributed by atoms with E-state index in [9.17, 15) is 0 Å². The van der Waals surface area contributed by atoms with Gasteiger partial charge in [-0.1, -0.05) is 18.5 Å². The molecule has 0 fully saturated rings. The summed E-state index contributed by atoms with van der Waals surface area (Å²) >= 11 is 8.12. The second kappa shape index (κ2) is 5.02. The smallest absolute Gasteiger partial charge is 0.225 e. The number of nitrogens with zero attached hydrogens (tertiary/aromatic N) is 2. The molecule has 1 N–H and O–H groups in total. The summed E-state index contributed by atoms with van der Waals surface area (Å²) < 4.78 is 0. The van der Waals surface area contributed by atoms with Crippen molar-refractivity contribution >= 4 is 39.1 Å². The van der Waals surface area contributed by atoms with Gasteiger partial charge in [-0.2, -0.15) is 0 Å². The van der Waals surface area contributed by atoms with Crippen LogP contribution in [0.15, 0.2) is 0 Å². The Hall–Kier alpha value is -0.870. The van der Waals surface area contributed by atoms with Crippen LogP contribution in [0.25, 0.3) is 10.2 Å². The summed E-state index contributed by atoms with van der Waals surface area (Å²) in [6.07, 6.45) is 5.89. The van der Waals surface area contributed by atoms with Gasteiger partial charge in [0, 0.05) is 11.4 Å². The Bertz CT molecular complexity index is 579. The lowest BCUT2D eigenvalue weighted by molar-refractivity contribution is 0.700. The molecular formula is C13H16ClN3S. The van der Waals surface area contributed by atoms with Crippen LogP contribution in [0.1, 0.15) is 36.6 Å². The maximum atomic E-state index is 6.33. The van der Waals surface area contributed by atoms with Crippen molar-refractivity contribution in [1.29, 1.82) is 0 Å². The van der Waals surface area contributed by atoms with Crippen LogP contribution in [-0.4, -0.2) is 16.5 Å². The molecule has 0 radical (unpaired) electrons. The van der Waals surface area contributed by atoms with Crippen LogP contribution in [0.2, 0.25) is 5.15 Å². The molecule has 0 aliphatic heterocycles. The number of halogens is 1. The van der Waals surface area contributed by atoms with Gasteiger partial charge in [-0.15, -0.1) is 11.3 Å². The van der Waals surface area contributed by atoms with Gasteiger partial charge in [0.1, 0.15) is 9.98 Å². The van der Waals surface area contributed by atoms with E-state index < -0.39 is 0 Å². The van der Waals surface area contributed by atoms with Crippen LogP contribution >= 0.6 is 22.9 Å². The number of fused-ring (bicyclic) bond motifs is 3. The lowest BCUT2D eigenvalue weighted by Crippen LogP contribution is -2.04. The standard InChI is InChI=1S/C13H16ClN3S/c1-2-7-15-13-16-11(14)10-8-5-3-4-6-9(8)18-12(10)17-13/h2-7H2,1H3,(H,15,16,17). The molecule has 0 atom stereocenters. The van der Waals surface area contributed by atoms with E-state index in [-0.39, 0.29) is 0 Å². The number of nitrogens with one attached hydrogen (secondary N) is 1. The van der Waals surface area contributed by atoms with Gasteiger partial charge in [0.05, 0.1) is 5.39 Å². The molecule has 0 saturated carbocycles.